The number of nitrogens with zero attached hydrogens (tertiary/aromatic N) is 1. The lowest BCUT2D eigenvalue weighted by Gasteiger charge is -2.22. The Morgan fingerprint density at radius 1 is 1.09 bits per heavy atom. The fourth-order valence-electron chi connectivity index (χ4n) is 4.99. The van der Waals surface area contributed by atoms with Crippen molar-refractivity contribution in [3.63, 3.8) is 0 Å². The van der Waals surface area contributed by atoms with Gasteiger partial charge >= 0.3 is 12.1 Å². The van der Waals surface area contributed by atoms with Crippen LogP contribution in [-0.2, 0) is 23.9 Å². The van der Waals surface area contributed by atoms with Crippen molar-refractivity contribution in [3.8, 4) is 11.1 Å². The van der Waals surface area contributed by atoms with Crippen LogP contribution >= 0.6 is 0 Å². The van der Waals surface area contributed by atoms with E-state index >= 15 is 0 Å². The summed E-state index contributed by atoms with van der Waals surface area (Å²) in [6.45, 7) is 0.418. The second kappa shape index (κ2) is 9.38. The van der Waals surface area contributed by atoms with E-state index in [-0.39, 0.29) is 32.1 Å². The molecule has 2 fully saturated rings. The van der Waals surface area contributed by atoms with E-state index in [4.69, 9.17) is 9.47 Å². The molecule has 3 unspecified atom stereocenters. The van der Waals surface area contributed by atoms with Gasteiger partial charge in [0.1, 0.15) is 6.61 Å². The number of aliphatic carboxylic acids is 1. The molecule has 3 aliphatic rings. The van der Waals surface area contributed by atoms with Gasteiger partial charge in [0.15, 0.2) is 6.04 Å². The number of carbonyl (C=O) groups excluding carboxylic acids is 3. The monoisotopic (exact) mass is 479 g/mol. The highest BCUT2D eigenvalue weighted by Gasteiger charge is 2.43. The number of ether oxygens (including phenoxy) is 2. The largest absolute Gasteiger partial charge is 0.480 e. The van der Waals surface area contributed by atoms with Crippen molar-refractivity contribution in [2.24, 2.45) is 5.92 Å². The fraction of sp³-hybridized carbons (Fsp3) is 0.360. The number of hydrazine groups is 1. The molecule has 2 aromatic rings. The normalized spacial score (nSPS) is 22.9. The summed E-state index contributed by atoms with van der Waals surface area (Å²) < 4.78 is 11.1. The van der Waals surface area contributed by atoms with E-state index in [1.54, 1.807) is 0 Å². The lowest BCUT2D eigenvalue weighted by Crippen LogP contribution is -2.49. The zero-order valence-electron chi connectivity index (χ0n) is 18.8. The van der Waals surface area contributed by atoms with Crippen LogP contribution in [0, 0.1) is 5.92 Å². The number of hydrogen-bond acceptors (Lipinski definition) is 6. The first-order chi connectivity index (χ1) is 16.9. The Morgan fingerprint density at radius 2 is 1.74 bits per heavy atom. The van der Waals surface area contributed by atoms with Gasteiger partial charge in [0.25, 0.3) is 0 Å². The summed E-state index contributed by atoms with van der Waals surface area (Å²) in [6, 6.07) is 14.9. The number of alkyl carbamates (subject to hydrolysis) is 1. The van der Waals surface area contributed by atoms with Crippen LogP contribution in [0.25, 0.3) is 11.1 Å². The topological polar surface area (TPSA) is 134 Å². The van der Waals surface area contributed by atoms with Crippen LogP contribution in [0.15, 0.2) is 48.5 Å². The van der Waals surface area contributed by atoms with E-state index < -0.39 is 41.9 Å². The number of benzene rings is 2. The molecule has 2 saturated heterocycles. The Balaban J connectivity index is 1.12. The van der Waals surface area contributed by atoms with Crippen molar-refractivity contribution in [2.45, 2.75) is 30.9 Å². The third kappa shape index (κ3) is 4.44. The maximum atomic E-state index is 12.7. The zero-order chi connectivity index (χ0) is 24.5. The summed E-state index contributed by atoms with van der Waals surface area (Å²) in [5.41, 5.74) is 6.84. The highest BCUT2D eigenvalue weighted by molar-refractivity contribution is 5.94. The van der Waals surface area contributed by atoms with E-state index in [0.29, 0.717) is 6.42 Å². The number of nitrogens with one attached hydrogen (secondary N) is 2. The molecule has 0 bridgehead atoms. The van der Waals surface area contributed by atoms with Crippen LogP contribution < -0.4 is 10.7 Å². The molecule has 0 spiro atoms. The molecule has 0 saturated carbocycles. The maximum absolute atomic E-state index is 12.7. The Labute approximate surface area is 201 Å². The first-order valence-corrected chi connectivity index (χ1v) is 11.5. The SMILES string of the molecule is O=C1CC(C(=O)O)N(C(=O)C2COC(CNC(=O)OCC3c4ccccc4-c4ccccc43)C2)N1. The van der Waals surface area contributed by atoms with Crippen LogP contribution in [0.1, 0.15) is 29.9 Å². The van der Waals surface area contributed by atoms with E-state index in [1.165, 1.54) is 0 Å². The van der Waals surface area contributed by atoms with E-state index in [0.717, 1.165) is 27.3 Å². The van der Waals surface area contributed by atoms with Gasteiger partial charge in [0.05, 0.1) is 25.0 Å². The van der Waals surface area contributed by atoms with E-state index in [2.05, 4.69) is 22.9 Å². The molecule has 182 valence electrons. The van der Waals surface area contributed by atoms with Gasteiger partial charge in [-0.2, -0.15) is 0 Å². The molecule has 3 amide bonds. The molecule has 10 heteroatoms. The van der Waals surface area contributed by atoms with Crippen molar-refractivity contribution < 1.29 is 33.8 Å². The van der Waals surface area contributed by atoms with Crippen LogP contribution in [0.5, 0.6) is 0 Å². The highest BCUT2D eigenvalue weighted by atomic mass is 16.5. The molecular weight excluding hydrogens is 454 g/mol. The number of carboxylic acid groups (broad SMARTS) is 1. The van der Waals surface area contributed by atoms with Gasteiger partial charge in [0, 0.05) is 12.5 Å². The summed E-state index contributed by atoms with van der Waals surface area (Å²) in [6.07, 6.45) is -0.989. The molecule has 5 rings (SSSR count). The number of amides is 3. The van der Waals surface area contributed by atoms with Gasteiger partial charge in [-0.15, -0.1) is 0 Å². The third-order valence-corrected chi connectivity index (χ3v) is 6.71. The fourth-order valence-corrected chi connectivity index (χ4v) is 4.99. The minimum absolute atomic E-state index is 0.0456. The number of hydrogen-bond donors (Lipinski definition) is 3. The van der Waals surface area contributed by atoms with E-state index in [1.807, 2.05) is 36.4 Å². The van der Waals surface area contributed by atoms with Crippen molar-refractivity contribution in [1.82, 2.24) is 15.8 Å². The minimum atomic E-state index is -1.25. The van der Waals surface area contributed by atoms with Gasteiger partial charge in [-0.3, -0.25) is 15.0 Å². The lowest BCUT2D eigenvalue weighted by atomic mass is 9.98. The average molecular weight is 479 g/mol. The number of fused-ring (bicyclic) bond motifs is 3. The van der Waals surface area contributed by atoms with Gasteiger partial charge in [-0.1, -0.05) is 48.5 Å². The van der Waals surface area contributed by atoms with Crippen LogP contribution in [-0.4, -0.2) is 65.9 Å². The molecule has 3 atom stereocenters. The summed E-state index contributed by atoms with van der Waals surface area (Å²) in [5.74, 6) is -2.92. The predicted molar refractivity (Wildman–Crippen MR) is 122 cm³/mol. The number of carboxylic acids is 1. The zero-order valence-corrected chi connectivity index (χ0v) is 18.8. The average Bonchev–Trinajstić information content (AvgIpc) is 3.57. The first kappa shape index (κ1) is 22.9. The van der Waals surface area contributed by atoms with Crippen molar-refractivity contribution in [3.05, 3.63) is 59.7 Å². The molecule has 10 nitrogen and oxygen atoms in total. The second-order valence-corrected chi connectivity index (χ2v) is 8.90. The summed E-state index contributed by atoms with van der Waals surface area (Å²) >= 11 is 0. The van der Waals surface area contributed by atoms with E-state index in [9.17, 15) is 24.3 Å². The highest BCUT2D eigenvalue weighted by Crippen LogP contribution is 2.44. The minimum Gasteiger partial charge on any atom is -0.480 e. The van der Waals surface area contributed by atoms with Crippen molar-refractivity contribution >= 4 is 23.9 Å². The standard InChI is InChI=1S/C25H25N3O7/c29-22-10-21(24(31)32)28(27-22)23(30)14-9-15(34-12-14)11-26-25(33)35-13-20-18-7-3-1-5-16(18)17-6-2-4-8-19(17)20/h1-8,14-15,20-21H,9-13H2,(H,26,33)(H,27,29)(H,31,32). The Hall–Kier alpha value is -3.92. The van der Waals surface area contributed by atoms with Gasteiger partial charge in [-0.05, 0) is 28.7 Å². The quantitative estimate of drug-likeness (QED) is 0.573. The third-order valence-electron chi connectivity index (χ3n) is 6.71. The van der Waals surface area contributed by atoms with Gasteiger partial charge in [0.2, 0.25) is 11.8 Å². The van der Waals surface area contributed by atoms with Gasteiger partial charge < -0.3 is 19.9 Å². The Kier molecular flexibility index (Phi) is 6.12. The molecule has 2 heterocycles. The molecule has 0 aromatic heterocycles. The second-order valence-electron chi connectivity index (χ2n) is 8.90. The van der Waals surface area contributed by atoms with Crippen molar-refractivity contribution in [1.29, 1.82) is 0 Å². The van der Waals surface area contributed by atoms with Crippen LogP contribution in [0.2, 0.25) is 0 Å². The predicted octanol–water partition coefficient (Wildman–Crippen LogP) is 1.65. The van der Waals surface area contributed by atoms with Crippen LogP contribution in [0.3, 0.4) is 0 Å². The Morgan fingerprint density at radius 3 is 2.40 bits per heavy atom. The summed E-state index contributed by atoms with van der Waals surface area (Å²) in [7, 11) is 0. The molecular formula is C25H25N3O7. The molecule has 2 aromatic carbocycles. The molecule has 2 aliphatic heterocycles. The molecule has 0 radical (unpaired) electrons. The first-order valence-electron chi connectivity index (χ1n) is 11.5. The lowest BCUT2D eigenvalue weighted by molar-refractivity contribution is -0.152. The smallest absolute Gasteiger partial charge is 0.407 e. The number of carbonyl (C=O) groups is 4. The molecule has 1 aliphatic carbocycles. The summed E-state index contributed by atoms with van der Waals surface area (Å²) in [4.78, 5) is 48.0. The summed E-state index contributed by atoms with van der Waals surface area (Å²) in [5, 5.41) is 12.8. The Bertz CT molecular complexity index is 1140. The van der Waals surface area contributed by atoms with Crippen LogP contribution in [0.4, 0.5) is 4.79 Å². The molecule has 3 N–H and O–H groups in total. The maximum Gasteiger partial charge on any atom is 0.407 e. The molecule has 35 heavy (non-hydrogen) atoms. The van der Waals surface area contributed by atoms with Gasteiger partial charge in [-0.25, -0.2) is 14.6 Å². The number of rotatable bonds is 6. The van der Waals surface area contributed by atoms with Crippen molar-refractivity contribution in [2.75, 3.05) is 19.8 Å².